The molecule has 0 aromatic heterocycles. The Hall–Kier alpha value is -3.47. The van der Waals surface area contributed by atoms with Crippen LogP contribution in [-0.4, -0.2) is 17.7 Å². The largest absolute Gasteiger partial charge is 0.322 e. The van der Waals surface area contributed by atoms with Gasteiger partial charge in [0.15, 0.2) is 0 Å². The van der Waals surface area contributed by atoms with Gasteiger partial charge in [0.1, 0.15) is 0 Å². The van der Waals surface area contributed by atoms with Gasteiger partial charge in [-0.15, -0.1) is 0 Å². The minimum Gasteiger partial charge on any atom is -0.322 e. The van der Waals surface area contributed by atoms with Crippen molar-refractivity contribution >= 4 is 34.2 Å². The van der Waals surface area contributed by atoms with Crippen molar-refractivity contribution in [1.82, 2.24) is 5.32 Å². The molecule has 2 N–H and O–H groups in total. The van der Waals surface area contributed by atoms with E-state index in [1.165, 1.54) is 12.1 Å². The second kappa shape index (κ2) is 5.31. The summed E-state index contributed by atoms with van der Waals surface area (Å²) in [5, 5.41) is 6.84. The third kappa shape index (κ3) is 2.23. The van der Waals surface area contributed by atoms with Gasteiger partial charge in [0.05, 0.1) is 11.1 Å². The molecule has 0 atom stereocenters. The first-order chi connectivity index (χ1) is 11.6. The topological polar surface area (TPSA) is 75.3 Å². The van der Waals surface area contributed by atoms with E-state index in [9.17, 15) is 14.4 Å². The quantitative estimate of drug-likeness (QED) is 0.714. The predicted molar refractivity (Wildman–Crippen MR) is 90.1 cm³/mol. The second-order valence-corrected chi connectivity index (χ2v) is 5.52. The van der Waals surface area contributed by atoms with E-state index in [1.807, 2.05) is 36.4 Å². The van der Waals surface area contributed by atoms with Crippen molar-refractivity contribution in [1.29, 1.82) is 0 Å². The minimum absolute atomic E-state index is 0.267. The van der Waals surface area contributed by atoms with Gasteiger partial charge in [-0.25, -0.2) is 0 Å². The van der Waals surface area contributed by atoms with Crippen LogP contribution in [0.1, 0.15) is 31.1 Å². The number of carbonyl (C=O) groups is 3. The van der Waals surface area contributed by atoms with E-state index in [0.717, 1.165) is 10.8 Å². The molecule has 116 valence electrons. The molecule has 1 aliphatic heterocycles. The molecule has 1 heterocycles. The number of fused-ring (bicyclic) bond motifs is 2. The maximum atomic E-state index is 12.6. The summed E-state index contributed by atoms with van der Waals surface area (Å²) < 4.78 is 0. The van der Waals surface area contributed by atoms with Gasteiger partial charge in [0.25, 0.3) is 17.7 Å². The summed E-state index contributed by atoms with van der Waals surface area (Å²) >= 11 is 0. The highest BCUT2D eigenvalue weighted by Gasteiger charge is 2.26. The summed E-state index contributed by atoms with van der Waals surface area (Å²) in [6, 6.07) is 17.8. The molecule has 3 aromatic carbocycles. The Labute approximate surface area is 137 Å². The number of rotatable bonds is 2. The smallest absolute Gasteiger partial charge is 0.259 e. The molecule has 1 aliphatic rings. The maximum Gasteiger partial charge on any atom is 0.259 e. The van der Waals surface area contributed by atoms with Gasteiger partial charge in [-0.3, -0.25) is 19.7 Å². The highest BCUT2D eigenvalue weighted by Crippen LogP contribution is 2.23. The molecule has 5 heteroatoms. The Balaban J connectivity index is 1.68. The lowest BCUT2D eigenvalue weighted by Crippen LogP contribution is -2.19. The van der Waals surface area contributed by atoms with Crippen LogP contribution < -0.4 is 10.6 Å². The first-order valence-corrected chi connectivity index (χ1v) is 7.42. The standard InChI is InChI=1S/C19H12N2O3/c22-17(14-7-3-5-11-4-1-2-6-13(11)14)20-12-8-9-15-16(10-12)19(24)21-18(15)23/h1-10H,(H,20,22)(H,21,23,24). The lowest BCUT2D eigenvalue weighted by molar-refractivity contribution is 0.0878. The van der Waals surface area contributed by atoms with Crippen LogP contribution in [0.4, 0.5) is 5.69 Å². The number of hydrogen-bond donors (Lipinski definition) is 2. The van der Waals surface area contributed by atoms with Gasteiger partial charge in [0.2, 0.25) is 0 Å². The van der Waals surface area contributed by atoms with Crippen LogP contribution in [0.3, 0.4) is 0 Å². The van der Waals surface area contributed by atoms with Gasteiger partial charge in [-0.2, -0.15) is 0 Å². The summed E-state index contributed by atoms with van der Waals surface area (Å²) in [5.41, 5.74) is 1.62. The highest BCUT2D eigenvalue weighted by atomic mass is 16.2. The minimum atomic E-state index is -0.448. The van der Waals surface area contributed by atoms with E-state index in [0.29, 0.717) is 16.8 Å². The zero-order valence-corrected chi connectivity index (χ0v) is 12.5. The Morgan fingerprint density at radius 3 is 2.46 bits per heavy atom. The fraction of sp³-hybridized carbons (Fsp3) is 0. The number of imide groups is 1. The Morgan fingerprint density at radius 1 is 0.833 bits per heavy atom. The Kier molecular flexibility index (Phi) is 3.13. The first-order valence-electron chi connectivity index (χ1n) is 7.42. The molecule has 3 aromatic rings. The van der Waals surface area contributed by atoms with E-state index in [4.69, 9.17) is 0 Å². The third-order valence-electron chi connectivity index (χ3n) is 4.03. The molecule has 0 bridgehead atoms. The van der Waals surface area contributed by atoms with Gasteiger partial charge in [-0.1, -0.05) is 36.4 Å². The first kappa shape index (κ1) is 14.1. The molecular weight excluding hydrogens is 304 g/mol. The number of amides is 3. The molecule has 0 aliphatic carbocycles. The van der Waals surface area contributed by atoms with Crippen molar-refractivity contribution in [2.75, 3.05) is 5.32 Å². The number of anilines is 1. The third-order valence-corrected chi connectivity index (χ3v) is 4.03. The average molecular weight is 316 g/mol. The van der Waals surface area contributed by atoms with Crippen molar-refractivity contribution in [3.63, 3.8) is 0 Å². The van der Waals surface area contributed by atoms with Crippen LogP contribution >= 0.6 is 0 Å². The lowest BCUT2D eigenvalue weighted by Gasteiger charge is -2.09. The SMILES string of the molecule is O=C1NC(=O)c2cc(NC(=O)c3cccc4ccccc34)ccc21. The van der Waals surface area contributed by atoms with Crippen molar-refractivity contribution in [2.24, 2.45) is 0 Å². The van der Waals surface area contributed by atoms with Crippen LogP contribution in [0.25, 0.3) is 10.8 Å². The Morgan fingerprint density at radius 2 is 1.58 bits per heavy atom. The molecule has 4 rings (SSSR count). The van der Waals surface area contributed by atoms with Crippen LogP contribution in [0, 0.1) is 0 Å². The summed E-state index contributed by atoms with van der Waals surface area (Å²) in [4.78, 5) is 35.9. The van der Waals surface area contributed by atoms with Crippen molar-refractivity contribution in [3.8, 4) is 0 Å². The van der Waals surface area contributed by atoms with Gasteiger partial charge in [0, 0.05) is 11.3 Å². The summed E-state index contributed by atoms with van der Waals surface area (Å²) in [6.07, 6.45) is 0. The van der Waals surface area contributed by atoms with E-state index in [1.54, 1.807) is 12.1 Å². The average Bonchev–Trinajstić information content (AvgIpc) is 2.88. The molecule has 0 saturated heterocycles. The predicted octanol–water partition coefficient (Wildman–Crippen LogP) is 2.98. The van der Waals surface area contributed by atoms with Gasteiger partial charge in [-0.05, 0) is 35.0 Å². The normalized spacial score (nSPS) is 12.8. The van der Waals surface area contributed by atoms with E-state index in [2.05, 4.69) is 10.6 Å². The molecule has 0 saturated carbocycles. The van der Waals surface area contributed by atoms with Gasteiger partial charge < -0.3 is 5.32 Å². The number of carbonyl (C=O) groups excluding carboxylic acids is 3. The molecule has 0 radical (unpaired) electrons. The highest BCUT2D eigenvalue weighted by molar-refractivity contribution is 6.22. The monoisotopic (exact) mass is 316 g/mol. The van der Waals surface area contributed by atoms with Crippen LogP contribution in [0.15, 0.2) is 60.7 Å². The second-order valence-electron chi connectivity index (χ2n) is 5.52. The van der Waals surface area contributed by atoms with Gasteiger partial charge >= 0.3 is 0 Å². The van der Waals surface area contributed by atoms with Crippen molar-refractivity contribution in [2.45, 2.75) is 0 Å². The van der Waals surface area contributed by atoms with Crippen LogP contribution in [0.5, 0.6) is 0 Å². The zero-order chi connectivity index (χ0) is 16.7. The molecule has 5 nitrogen and oxygen atoms in total. The van der Waals surface area contributed by atoms with E-state index in [-0.39, 0.29) is 11.5 Å². The van der Waals surface area contributed by atoms with Crippen molar-refractivity contribution < 1.29 is 14.4 Å². The number of hydrogen-bond acceptors (Lipinski definition) is 3. The fourth-order valence-corrected chi connectivity index (χ4v) is 2.87. The van der Waals surface area contributed by atoms with E-state index < -0.39 is 11.8 Å². The number of benzene rings is 3. The fourth-order valence-electron chi connectivity index (χ4n) is 2.87. The van der Waals surface area contributed by atoms with Crippen LogP contribution in [0.2, 0.25) is 0 Å². The molecule has 24 heavy (non-hydrogen) atoms. The van der Waals surface area contributed by atoms with Crippen molar-refractivity contribution in [3.05, 3.63) is 77.4 Å². The zero-order valence-electron chi connectivity index (χ0n) is 12.5. The number of nitrogens with one attached hydrogen (secondary N) is 2. The summed E-state index contributed by atoms with van der Waals surface area (Å²) in [6.45, 7) is 0. The maximum absolute atomic E-state index is 12.6. The molecular formula is C19H12N2O3. The summed E-state index contributed by atoms with van der Waals surface area (Å²) in [7, 11) is 0. The van der Waals surface area contributed by atoms with E-state index >= 15 is 0 Å². The lowest BCUT2D eigenvalue weighted by atomic mass is 10.0. The molecule has 0 unspecified atom stereocenters. The molecule has 3 amide bonds. The molecule has 0 fully saturated rings. The Bertz CT molecular complexity index is 1020. The summed E-state index contributed by atoms with van der Waals surface area (Å²) in [5.74, 6) is -1.13. The molecule has 0 spiro atoms. The van der Waals surface area contributed by atoms with Crippen LogP contribution in [-0.2, 0) is 0 Å².